The zero-order chi connectivity index (χ0) is 28.4. The number of sulfonamides is 1. The molecule has 2 N–H and O–H groups in total. The Morgan fingerprint density at radius 2 is 1.77 bits per heavy atom. The Hall–Kier alpha value is -4.79. The summed E-state index contributed by atoms with van der Waals surface area (Å²) in [6.07, 6.45) is 1.78. The average molecular weight is 556 g/mol. The first-order valence-corrected chi connectivity index (χ1v) is 13.9. The quantitative estimate of drug-likeness (QED) is 0.318. The van der Waals surface area contributed by atoms with Crippen LogP contribution < -0.4 is 10.2 Å². The van der Waals surface area contributed by atoms with Crippen molar-refractivity contribution in [3.05, 3.63) is 90.1 Å². The van der Waals surface area contributed by atoms with Gasteiger partial charge in [-0.15, -0.1) is 0 Å². The maximum Gasteiger partial charge on any atom is 0.252 e. The summed E-state index contributed by atoms with van der Waals surface area (Å²) >= 11 is 0. The Labute approximate surface area is 230 Å². The molecule has 0 bridgehead atoms. The Bertz CT molecular complexity index is 1760. The van der Waals surface area contributed by atoms with Crippen molar-refractivity contribution in [1.29, 1.82) is 5.26 Å². The van der Waals surface area contributed by atoms with Gasteiger partial charge in [0.15, 0.2) is 0 Å². The largest absolute Gasteiger partial charge is 0.361 e. The summed E-state index contributed by atoms with van der Waals surface area (Å²) in [6.45, 7) is 1.29. The number of para-hydroxylation sites is 1. The number of H-pyrrole nitrogens is 1. The number of nitrogens with zero attached hydrogens (tertiary/aromatic N) is 3. The van der Waals surface area contributed by atoms with Crippen molar-refractivity contribution in [2.45, 2.75) is 30.7 Å². The molecule has 202 valence electrons. The monoisotopic (exact) mass is 555 g/mol. The number of carbonyl (C=O) groups is 3. The molecule has 1 fully saturated rings. The van der Waals surface area contributed by atoms with Crippen molar-refractivity contribution in [3.8, 4) is 6.07 Å². The number of benzene rings is 3. The molecule has 2 heterocycles. The van der Waals surface area contributed by atoms with E-state index in [1.807, 2.05) is 36.5 Å². The molecule has 1 unspecified atom stereocenters. The van der Waals surface area contributed by atoms with Crippen LogP contribution in [0.4, 0.5) is 11.4 Å². The number of anilines is 2. The molecule has 1 aromatic heterocycles. The highest BCUT2D eigenvalue weighted by atomic mass is 32.2. The summed E-state index contributed by atoms with van der Waals surface area (Å²) in [5.41, 5.74) is 2.84. The number of hydrogen-bond acceptors (Lipinski definition) is 6. The van der Waals surface area contributed by atoms with E-state index in [1.54, 1.807) is 0 Å². The van der Waals surface area contributed by atoms with Crippen LogP contribution in [0.3, 0.4) is 0 Å². The van der Waals surface area contributed by atoms with Crippen LogP contribution in [0.5, 0.6) is 0 Å². The van der Waals surface area contributed by atoms with Crippen LogP contribution in [0.15, 0.2) is 83.9 Å². The molecule has 10 nitrogen and oxygen atoms in total. The van der Waals surface area contributed by atoms with E-state index in [2.05, 4.69) is 10.3 Å². The molecule has 1 aliphatic heterocycles. The highest BCUT2D eigenvalue weighted by molar-refractivity contribution is 7.89. The number of imide groups is 1. The van der Waals surface area contributed by atoms with Gasteiger partial charge >= 0.3 is 0 Å². The lowest BCUT2D eigenvalue weighted by Gasteiger charge is -2.27. The summed E-state index contributed by atoms with van der Waals surface area (Å²) in [5, 5.41) is 12.6. The predicted molar refractivity (Wildman–Crippen MR) is 149 cm³/mol. The van der Waals surface area contributed by atoms with E-state index in [9.17, 15) is 22.8 Å². The molecule has 0 saturated carbocycles. The van der Waals surface area contributed by atoms with Crippen LogP contribution in [0.2, 0.25) is 0 Å². The van der Waals surface area contributed by atoms with E-state index in [0.29, 0.717) is 17.7 Å². The number of fused-ring (bicyclic) bond motifs is 1. The molecule has 4 aromatic rings. The highest BCUT2D eigenvalue weighted by Gasteiger charge is 2.46. The molecule has 40 heavy (non-hydrogen) atoms. The van der Waals surface area contributed by atoms with Crippen molar-refractivity contribution < 1.29 is 22.8 Å². The third-order valence-corrected chi connectivity index (χ3v) is 8.71. The minimum atomic E-state index is -4.24. The third kappa shape index (κ3) is 5.10. The first-order chi connectivity index (χ1) is 19.2. The lowest BCUT2D eigenvalue weighted by molar-refractivity contribution is -0.122. The number of amides is 3. The van der Waals surface area contributed by atoms with Gasteiger partial charge in [0.1, 0.15) is 6.04 Å². The first kappa shape index (κ1) is 26.8. The molecular formula is C29H25N5O5S. The Kier molecular flexibility index (Phi) is 7.21. The van der Waals surface area contributed by atoms with E-state index in [1.165, 1.54) is 55.5 Å². The zero-order valence-corrected chi connectivity index (χ0v) is 22.3. The zero-order valence-electron chi connectivity index (χ0n) is 21.5. The third-order valence-electron chi connectivity index (χ3n) is 6.78. The van der Waals surface area contributed by atoms with Crippen LogP contribution in [0.25, 0.3) is 10.9 Å². The maximum absolute atomic E-state index is 14.0. The fourth-order valence-electron chi connectivity index (χ4n) is 4.86. The molecule has 0 spiro atoms. The number of carbonyl (C=O) groups excluding carboxylic acids is 3. The molecule has 0 aliphatic carbocycles. The van der Waals surface area contributed by atoms with Gasteiger partial charge in [-0.1, -0.05) is 18.2 Å². The van der Waals surface area contributed by atoms with Gasteiger partial charge in [-0.25, -0.2) is 13.3 Å². The second-order valence-corrected chi connectivity index (χ2v) is 11.3. The van der Waals surface area contributed by atoms with Crippen LogP contribution >= 0.6 is 0 Å². The molecule has 5 rings (SSSR count). The van der Waals surface area contributed by atoms with E-state index in [4.69, 9.17) is 5.26 Å². The molecule has 11 heteroatoms. The summed E-state index contributed by atoms with van der Waals surface area (Å²) in [7, 11) is -4.24. The molecular weight excluding hydrogens is 530 g/mol. The van der Waals surface area contributed by atoms with Gasteiger partial charge in [0.25, 0.3) is 5.91 Å². The highest BCUT2D eigenvalue weighted by Crippen LogP contribution is 2.31. The predicted octanol–water partition coefficient (Wildman–Crippen LogP) is 3.56. The standard InChI is InChI=1S/C29H25N5O5S/c1-19(35)32-22-8-12-24(13-9-22)40(38,39)33(15-14-21-18-31-26-5-3-2-4-25(21)26)27-16-28(36)34(29(27)37)23-10-6-20(17-30)7-11-23/h2-13,18,27,31H,14-16H2,1H3,(H,32,35). The van der Waals surface area contributed by atoms with Crippen molar-refractivity contribution in [1.82, 2.24) is 9.29 Å². The molecule has 0 radical (unpaired) electrons. The lowest BCUT2D eigenvalue weighted by Crippen LogP contribution is -2.46. The fourth-order valence-corrected chi connectivity index (χ4v) is 6.44. The van der Waals surface area contributed by atoms with E-state index in [0.717, 1.165) is 25.7 Å². The number of rotatable bonds is 8. The van der Waals surface area contributed by atoms with Crippen LogP contribution in [-0.4, -0.2) is 48.0 Å². The van der Waals surface area contributed by atoms with E-state index >= 15 is 0 Å². The minimum Gasteiger partial charge on any atom is -0.361 e. The summed E-state index contributed by atoms with van der Waals surface area (Å²) in [6, 6.07) is 20.0. The molecule has 1 aliphatic rings. The van der Waals surface area contributed by atoms with Crippen molar-refractivity contribution in [2.24, 2.45) is 0 Å². The summed E-state index contributed by atoms with van der Waals surface area (Å²) in [4.78, 5) is 42.1. The van der Waals surface area contributed by atoms with Gasteiger partial charge < -0.3 is 10.3 Å². The van der Waals surface area contributed by atoms with Crippen LogP contribution in [0.1, 0.15) is 24.5 Å². The molecule has 3 amide bonds. The maximum atomic E-state index is 14.0. The Morgan fingerprint density at radius 3 is 2.45 bits per heavy atom. The van der Waals surface area contributed by atoms with Crippen molar-refractivity contribution in [2.75, 3.05) is 16.8 Å². The molecule has 1 saturated heterocycles. The number of aromatic amines is 1. The molecule has 3 aromatic carbocycles. The van der Waals surface area contributed by atoms with Crippen LogP contribution in [-0.2, 0) is 30.8 Å². The van der Waals surface area contributed by atoms with Crippen molar-refractivity contribution in [3.63, 3.8) is 0 Å². The second-order valence-electron chi connectivity index (χ2n) is 9.38. The number of nitriles is 1. The van der Waals surface area contributed by atoms with Crippen LogP contribution in [0, 0.1) is 11.3 Å². The van der Waals surface area contributed by atoms with Gasteiger partial charge in [-0.2, -0.15) is 9.57 Å². The smallest absolute Gasteiger partial charge is 0.252 e. The Balaban J connectivity index is 1.49. The van der Waals surface area contributed by atoms with Gasteiger partial charge in [0, 0.05) is 36.3 Å². The number of hydrogen-bond donors (Lipinski definition) is 2. The Morgan fingerprint density at radius 1 is 1.07 bits per heavy atom. The SMILES string of the molecule is CC(=O)Nc1ccc(S(=O)(=O)N(CCc2c[nH]c3ccccc23)C2CC(=O)N(c3ccc(C#N)cc3)C2=O)cc1. The molecule has 1 atom stereocenters. The fraction of sp³-hybridized carbons (Fsp3) is 0.172. The summed E-state index contributed by atoms with van der Waals surface area (Å²) in [5.74, 6) is -1.49. The number of nitrogens with one attached hydrogen (secondary N) is 2. The topological polar surface area (TPSA) is 143 Å². The first-order valence-electron chi connectivity index (χ1n) is 12.5. The average Bonchev–Trinajstić information content (AvgIpc) is 3.48. The normalized spacial score (nSPS) is 15.5. The minimum absolute atomic E-state index is 0.0531. The van der Waals surface area contributed by atoms with Gasteiger partial charge in [-0.05, 0) is 66.6 Å². The van der Waals surface area contributed by atoms with Crippen molar-refractivity contribution >= 4 is 50.0 Å². The number of aromatic nitrogens is 1. The van der Waals surface area contributed by atoms with E-state index < -0.39 is 27.9 Å². The summed E-state index contributed by atoms with van der Waals surface area (Å²) < 4.78 is 29.0. The van der Waals surface area contributed by atoms with Gasteiger partial charge in [0.05, 0.1) is 28.6 Å². The van der Waals surface area contributed by atoms with Gasteiger partial charge in [-0.3, -0.25) is 14.4 Å². The lowest BCUT2D eigenvalue weighted by atomic mass is 10.1. The van der Waals surface area contributed by atoms with Gasteiger partial charge in [0.2, 0.25) is 21.8 Å². The van der Waals surface area contributed by atoms with E-state index in [-0.39, 0.29) is 29.5 Å². The second kappa shape index (κ2) is 10.8.